The summed E-state index contributed by atoms with van der Waals surface area (Å²) in [5.74, 6) is 0.789. The van der Waals surface area contributed by atoms with Crippen LogP contribution in [0.15, 0.2) is 60.9 Å². The normalized spacial score (nSPS) is 10.2. The number of carbonyl (C=O) groups excluding carboxylic acids is 1. The van der Waals surface area contributed by atoms with E-state index in [-0.39, 0.29) is 5.91 Å². The van der Waals surface area contributed by atoms with Gasteiger partial charge in [-0.25, -0.2) is 9.97 Å². The second-order valence-electron chi connectivity index (χ2n) is 5.43. The molecule has 1 heterocycles. The van der Waals surface area contributed by atoms with Crippen molar-refractivity contribution < 1.29 is 9.53 Å². The first-order valence-corrected chi connectivity index (χ1v) is 8.28. The van der Waals surface area contributed by atoms with Gasteiger partial charge in [0.25, 0.3) is 5.91 Å². The number of amides is 1. The summed E-state index contributed by atoms with van der Waals surface area (Å²) >= 11 is 6.11. The molecule has 0 unspecified atom stereocenters. The highest BCUT2D eigenvalue weighted by atomic mass is 35.5. The third-order valence-corrected chi connectivity index (χ3v) is 4.01. The Morgan fingerprint density at radius 3 is 2.62 bits per heavy atom. The fourth-order valence-electron chi connectivity index (χ4n) is 2.26. The monoisotopic (exact) mass is 368 g/mol. The van der Waals surface area contributed by atoms with Crippen LogP contribution < -0.4 is 15.4 Å². The maximum atomic E-state index is 12.3. The number of halogens is 1. The minimum absolute atomic E-state index is 0.295. The lowest BCUT2D eigenvalue weighted by atomic mass is 10.2. The molecule has 0 radical (unpaired) electrons. The molecule has 3 aromatic rings. The second kappa shape index (κ2) is 8.31. The van der Waals surface area contributed by atoms with Gasteiger partial charge in [0.2, 0.25) is 5.95 Å². The summed E-state index contributed by atoms with van der Waals surface area (Å²) < 4.78 is 5.14. The highest BCUT2D eigenvalue weighted by molar-refractivity contribution is 6.31. The molecular weight excluding hydrogens is 352 g/mol. The minimum atomic E-state index is -0.295. The fraction of sp³-hybridized carbons (Fsp3) is 0.105. The summed E-state index contributed by atoms with van der Waals surface area (Å²) in [4.78, 5) is 20.6. The van der Waals surface area contributed by atoms with Crippen LogP contribution in [0.25, 0.3) is 0 Å². The number of nitrogens with one attached hydrogen (secondary N) is 2. The molecule has 0 saturated carbocycles. The van der Waals surface area contributed by atoms with Crippen LogP contribution in [0.2, 0.25) is 5.02 Å². The molecule has 0 aliphatic heterocycles. The van der Waals surface area contributed by atoms with Crippen molar-refractivity contribution >= 4 is 29.1 Å². The van der Waals surface area contributed by atoms with E-state index in [1.165, 1.54) is 12.4 Å². The molecule has 2 aromatic carbocycles. The van der Waals surface area contributed by atoms with E-state index in [1.54, 1.807) is 31.4 Å². The van der Waals surface area contributed by atoms with E-state index in [4.69, 9.17) is 16.3 Å². The third-order valence-electron chi connectivity index (χ3n) is 3.64. The summed E-state index contributed by atoms with van der Waals surface area (Å²) in [6.45, 7) is 0.495. The van der Waals surface area contributed by atoms with Crippen LogP contribution >= 0.6 is 11.6 Å². The molecule has 1 aromatic heterocycles. The molecule has 0 fully saturated rings. The Balaban J connectivity index is 1.61. The summed E-state index contributed by atoms with van der Waals surface area (Å²) in [6.07, 6.45) is 2.94. The first-order chi connectivity index (χ1) is 12.7. The fourth-order valence-corrected chi connectivity index (χ4v) is 2.46. The van der Waals surface area contributed by atoms with Crippen molar-refractivity contribution in [3.63, 3.8) is 0 Å². The van der Waals surface area contributed by atoms with E-state index in [0.29, 0.717) is 34.5 Å². The van der Waals surface area contributed by atoms with Crippen molar-refractivity contribution in [2.75, 3.05) is 17.7 Å². The van der Waals surface area contributed by atoms with Crippen LogP contribution in [0.5, 0.6) is 5.75 Å². The number of anilines is 2. The first-order valence-electron chi connectivity index (χ1n) is 7.90. The molecule has 0 atom stereocenters. The molecule has 1 amide bonds. The molecule has 3 rings (SSSR count). The van der Waals surface area contributed by atoms with E-state index in [9.17, 15) is 4.79 Å². The quantitative estimate of drug-likeness (QED) is 0.687. The smallest absolute Gasteiger partial charge is 0.258 e. The SMILES string of the molecule is COc1cccc(NC(=O)c2cnc(NCc3ccccc3Cl)nc2)c1. The van der Waals surface area contributed by atoms with Gasteiger partial charge in [0.15, 0.2) is 0 Å². The maximum absolute atomic E-state index is 12.3. The number of hydrogen-bond acceptors (Lipinski definition) is 5. The number of nitrogens with zero attached hydrogens (tertiary/aromatic N) is 2. The first kappa shape index (κ1) is 17.7. The molecular formula is C19H17ClN4O2. The van der Waals surface area contributed by atoms with Crippen molar-refractivity contribution in [2.24, 2.45) is 0 Å². The Hall–Kier alpha value is -3.12. The molecule has 0 aliphatic carbocycles. The van der Waals surface area contributed by atoms with Crippen molar-refractivity contribution in [1.29, 1.82) is 0 Å². The average Bonchev–Trinajstić information content (AvgIpc) is 2.68. The summed E-state index contributed by atoms with van der Waals surface area (Å²) in [6, 6.07) is 14.6. The summed E-state index contributed by atoms with van der Waals surface area (Å²) in [5.41, 5.74) is 1.93. The number of methoxy groups -OCH3 is 1. The number of aromatic nitrogens is 2. The van der Waals surface area contributed by atoms with Gasteiger partial charge in [-0.1, -0.05) is 35.9 Å². The third kappa shape index (κ3) is 4.49. The van der Waals surface area contributed by atoms with Crippen molar-refractivity contribution in [2.45, 2.75) is 6.54 Å². The minimum Gasteiger partial charge on any atom is -0.497 e. The van der Waals surface area contributed by atoms with Crippen LogP contribution in [0.3, 0.4) is 0 Å². The van der Waals surface area contributed by atoms with Gasteiger partial charge in [-0.3, -0.25) is 4.79 Å². The molecule has 132 valence electrons. The topological polar surface area (TPSA) is 76.1 Å². The number of rotatable bonds is 6. The Morgan fingerprint density at radius 1 is 1.12 bits per heavy atom. The van der Waals surface area contributed by atoms with Gasteiger partial charge in [-0.05, 0) is 23.8 Å². The van der Waals surface area contributed by atoms with E-state index in [2.05, 4.69) is 20.6 Å². The van der Waals surface area contributed by atoms with Gasteiger partial charge in [0.05, 0.1) is 12.7 Å². The van der Waals surface area contributed by atoms with E-state index >= 15 is 0 Å². The summed E-state index contributed by atoms with van der Waals surface area (Å²) in [5, 5.41) is 6.53. The van der Waals surface area contributed by atoms with Gasteiger partial charge in [-0.2, -0.15) is 0 Å². The van der Waals surface area contributed by atoms with Crippen LogP contribution in [-0.4, -0.2) is 23.0 Å². The highest BCUT2D eigenvalue weighted by Gasteiger charge is 2.08. The lowest BCUT2D eigenvalue weighted by molar-refractivity contribution is 0.102. The zero-order chi connectivity index (χ0) is 18.4. The highest BCUT2D eigenvalue weighted by Crippen LogP contribution is 2.18. The van der Waals surface area contributed by atoms with Gasteiger partial charge in [-0.15, -0.1) is 0 Å². The molecule has 2 N–H and O–H groups in total. The number of benzene rings is 2. The van der Waals surface area contributed by atoms with Gasteiger partial charge < -0.3 is 15.4 Å². The second-order valence-corrected chi connectivity index (χ2v) is 5.83. The molecule has 26 heavy (non-hydrogen) atoms. The van der Waals surface area contributed by atoms with E-state index < -0.39 is 0 Å². The largest absolute Gasteiger partial charge is 0.497 e. The Kier molecular flexibility index (Phi) is 5.66. The molecule has 7 heteroatoms. The van der Waals surface area contributed by atoms with Gasteiger partial charge >= 0.3 is 0 Å². The molecule has 0 bridgehead atoms. The van der Waals surface area contributed by atoms with Crippen LogP contribution in [0.4, 0.5) is 11.6 Å². The van der Waals surface area contributed by atoms with E-state index in [0.717, 1.165) is 5.56 Å². The Labute approximate surface area is 156 Å². The lowest BCUT2D eigenvalue weighted by Crippen LogP contribution is -2.13. The predicted octanol–water partition coefficient (Wildman–Crippen LogP) is 4.00. The standard InChI is InChI=1S/C19H17ClN4O2/c1-26-16-7-4-6-15(9-16)24-18(25)14-11-22-19(23-12-14)21-10-13-5-2-3-8-17(13)20/h2-9,11-12H,10H2,1H3,(H,24,25)(H,21,22,23). The zero-order valence-electron chi connectivity index (χ0n) is 14.1. The molecule has 0 saturated heterocycles. The number of carbonyl (C=O) groups is 1. The van der Waals surface area contributed by atoms with Crippen molar-refractivity contribution in [1.82, 2.24) is 9.97 Å². The Bertz CT molecular complexity index is 900. The average molecular weight is 369 g/mol. The molecule has 0 spiro atoms. The van der Waals surface area contributed by atoms with Gasteiger partial charge in [0, 0.05) is 35.7 Å². The summed E-state index contributed by atoms with van der Waals surface area (Å²) in [7, 11) is 1.57. The van der Waals surface area contributed by atoms with Crippen LogP contribution in [-0.2, 0) is 6.54 Å². The van der Waals surface area contributed by atoms with Crippen LogP contribution in [0.1, 0.15) is 15.9 Å². The van der Waals surface area contributed by atoms with Crippen molar-refractivity contribution in [3.05, 3.63) is 77.1 Å². The molecule has 6 nitrogen and oxygen atoms in total. The lowest BCUT2D eigenvalue weighted by Gasteiger charge is -2.08. The van der Waals surface area contributed by atoms with Gasteiger partial charge in [0.1, 0.15) is 5.75 Å². The predicted molar refractivity (Wildman–Crippen MR) is 102 cm³/mol. The van der Waals surface area contributed by atoms with E-state index in [1.807, 2.05) is 24.3 Å². The number of ether oxygens (including phenoxy) is 1. The number of hydrogen-bond donors (Lipinski definition) is 2. The zero-order valence-corrected chi connectivity index (χ0v) is 14.8. The van der Waals surface area contributed by atoms with Crippen molar-refractivity contribution in [3.8, 4) is 5.75 Å². The van der Waals surface area contributed by atoms with Crippen LogP contribution in [0, 0.1) is 0 Å². The molecule has 0 aliphatic rings. The Morgan fingerprint density at radius 2 is 1.88 bits per heavy atom. The maximum Gasteiger partial charge on any atom is 0.258 e.